The van der Waals surface area contributed by atoms with Gasteiger partial charge >= 0.3 is 0 Å². The predicted molar refractivity (Wildman–Crippen MR) is 50.4 cm³/mol. The highest BCUT2D eigenvalue weighted by molar-refractivity contribution is 5.21. The van der Waals surface area contributed by atoms with Gasteiger partial charge in [-0.05, 0) is 37.0 Å². The molecule has 0 atom stereocenters. The van der Waals surface area contributed by atoms with Crippen molar-refractivity contribution in [1.82, 2.24) is 5.43 Å². The van der Waals surface area contributed by atoms with E-state index in [1.165, 1.54) is 32.1 Å². The van der Waals surface area contributed by atoms with Crippen molar-refractivity contribution < 1.29 is 0 Å². The SMILES string of the molecule is CC(C)CCC12CC(NN)(C1)C2. The Kier molecular flexibility index (Phi) is 1.74. The first kappa shape index (κ1) is 8.52. The Balaban J connectivity index is 1.74. The van der Waals surface area contributed by atoms with Crippen molar-refractivity contribution in [3.8, 4) is 0 Å². The van der Waals surface area contributed by atoms with Gasteiger partial charge in [0.05, 0.1) is 0 Å². The Morgan fingerprint density at radius 3 is 2.33 bits per heavy atom. The molecule has 0 aromatic heterocycles. The molecular formula is C10H20N2. The van der Waals surface area contributed by atoms with Gasteiger partial charge in [-0.15, -0.1) is 0 Å². The monoisotopic (exact) mass is 168 g/mol. The topological polar surface area (TPSA) is 38.0 Å². The summed E-state index contributed by atoms with van der Waals surface area (Å²) in [7, 11) is 0. The second-order valence-corrected chi connectivity index (χ2v) is 5.39. The molecule has 70 valence electrons. The van der Waals surface area contributed by atoms with E-state index in [0.29, 0.717) is 5.54 Å². The Morgan fingerprint density at radius 2 is 1.92 bits per heavy atom. The van der Waals surface area contributed by atoms with Crippen molar-refractivity contribution in [2.24, 2.45) is 17.2 Å². The van der Waals surface area contributed by atoms with E-state index in [1.807, 2.05) is 0 Å². The van der Waals surface area contributed by atoms with Crippen LogP contribution in [0.4, 0.5) is 0 Å². The van der Waals surface area contributed by atoms with Gasteiger partial charge in [-0.2, -0.15) is 0 Å². The van der Waals surface area contributed by atoms with Crippen LogP contribution in [0.25, 0.3) is 0 Å². The van der Waals surface area contributed by atoms with Gasteiger partial charge in [-0.1, -0.05) is 20.3 Å². The second-order valence-electron chi connectivity index (χ2n) is 5.39. The summed E-state index contributed by atoms with van der Waals surface area (Å²) in [4.78, 5) is 0. The zero-order valence-electron chi connectivity index (χ0n) is 8.19. The van der Waals surface area contributed by atoms with Crippen LogP contribution >= 0.6 is 0 Å². The lowest BCUT2D eigenvalue weighted by Crippen LogP contribution is -2.75. The first-order valence-electron chi connectivity index (χ1n) is 5.08. The third-order valence-corrected chi connectivity index (χ3v) is 3.70. The van der Waals surface area contributed by atoms with Crippen molar-refractivity contribution in [2.45, 2.75) is 51.5 Å². The second kappa shape index (κ2) is 2.46. The van der Waals surface area contributed by atoms with Gasteiger partial charge in [0.1, 0.15) is 0 Å². The number of rotatable bonds is 4. The fraction of sp³-hybridized carbons (Fsp3) is 1.00. The van der Waals surface area contributed by atoms with Gasteiger partial charge < -0.3 is 0 Å². The fourth-order valence-corrected chi connectivity index (χ4v) is 3.01. The van der Waals surface area contributed by atoms with E-state index in [4.69, 9.17) is 5.84 Å². The van der Waals surface area contributed by atoms with Gasteiger partial charge in [0, 0.05) is 5.54 Å². The van der Waals surface area contributed by atoms with E-state index in [1.54, 1.807) is 0 Å². The lowest BCUT2D eigenvalue weighted by Gasteiger charge is -2.71. The maximum atomic E-state index is 5.47. The minimum absolute atomic E-state index is 0.386. The standard InChI is InChI=1S/C10H20N2/c1-8(2)3-4-9-5-10(6-9,7-9)12-11/h8,12H,3-7,11H2,1-2H3. The summed E-state index contributed by atoms with van der Waals surface area (Å²) in [5.41, 5.74) is 4.06. The summed E-state index contributed by atoms with van der Waals surface area (Å²) in [5.74, 6) is 6.33. The maximum Gasteiger partial charge on any atom is 0.0337 e. The molecule has 3 N–H and O–H groups in total. The average Bonchev–Trinajstić information content (AvgIpc) is 1.82. The van der Waals surface area contributed by atoms with Crippen LogP contribution in [0.1, 0.15) is 46.0 Å². The molecule has 0 aromatic carbocycles. The number of hydrogen-bond acceptors (Lipinski definition) is 2. The van der Waals surface area contributed by atoms with Crippen LogP contribution in [0.3, 0.4) is 0 Å². The van der Waals surface area contributed by atoms with Crippen LogP contribution in [0.2, 0.25) is 0 Å². The van der Waals surface area contributed by atoms with Crippen LogP contribution in [0.5, 0.6) is 0 Å². The molecule has 0 saturated heterocycles. The molecule has 2 nitrogen and oxygen atoms in total. The quantitative estimate of drug-likeness (QED) is 0.496. The lowest BCUT2D eigenvalue weighted by atomic mass is 9.38. The van der Waals surface area contributed by atoms with E-state index in [0.717, 1.165) is 11.3 Å². The third-order valence-electron chi connectivity index (χ3n) is 3.70. The summed E-state index contributed by atoms with van der Waals surface area (Å²) in [6.07, 6.45) is 6.82. The molecule has 0 radical (unpaired) electrons. The Bertz CT molecular complexity index is 167. The van der Waals surface area contributed by atoms with E-state index in [9.17, 15) is 0 Å². The molecule has 0 heterocycles. The third kappa shape index (κ3) is 1.09. The summed E-state index contributed by atoms with van der Waals surface area (Å²) >= 11 is 0. The molecule has 0 aromatic rings. The van der Waals surface area contributed by atoms with E-state index in [2.05, 4.69) is 19.3 Å². The van der Waals surface area contributed by atoms with Gasteiger partial charge in [-0.3, -0.25) is 11.3 Å². The molecule has 2 bridgehead atoms. The van der Waals surface area contributed by atoms with Crippen LogP contribution in [0.15, 0.2) is 0 Å². The Labute approximate surface area is 74.9 Å². The highest BCUT2D eigenvalue weighted by Crippen LogP contribution is 2.69. The molecular weight excluding hydrogens is 148 g/mol. The summed E-state index contributed by atoms with van der Waals surface area (Å²) in [5, 5.41) is 0. The maximum absolute atomic E-state index is 5.47. The van der Waals surface area contributed by atoms with Crippen LogP contribution in [-0.2, 0) is 0 Å². The highest BCUT2D eigenvalue weighted by atomic mass is 15.3. The van der Waals surface area contributed by atoms with E-state index >= 15 is 0 Å². The molecule has 0 aliphatic heterocycles. The normalized spacial score (nSPS) is 44.0. The van der Waals surface area contributed by atoms with Crippen LogP contribution in [0, 0.1) is 11.3 Å². The molecule has 0 amide bonds. The van der Waals surface area contributed by atoms with Crippen LogP contribution in [-0.4, -0.2) is 5.54 Å². The lowest BCUT2D eigenvalue weighted by molar-refractivity contribution is -0.161. The summed E-state index contributed by atoms with van der Waals surface area (Å²) in [6.45, 7) is 4.62. The van der Waals surface area contributed by atoms with Crippen molar-refractivity contribution in [1.29, 1.82) is 0 Å². The average molecular weight is 168 g/mol. The van der Waals surface area contributed by atoms with E-state index in [-0.39, 0.29) is 0 Å². The Hall–Kier alpha value is -0.0800. The Morgan fingerprint density at radius 1 is 1.33 bits per heavy atom. The summed E-state index contributed by atoms with van der Waals surface area (Å²) < 4.78 is 0. The summed E-state index contributed by atoms with van der Waals surface area (Å²) in [6, 6.07) is 0. The molecule has 3 saturated carbocycles. The molecule has 3 aliphatic carbocycles. The number of nitrogens with two attached hydrogens (primary N) is 1. The number of hydrazine groups is 1. The van der Waals surface area contributed by atoms with Gasteiger partial charge in [0.2, 0.25) is 0 Å². The molecule has 3 aliphatic rings. The largest absolute Gasteiger partial charge is 0.271 e. The van der Waals surface area contributed by atoms with Gasteiger partial charge in [0.25, 0.3) is 0 Å². The van der Waals surface area contributed by atoms with Gasteiger partial charge in [-0.25, -0.2) is 0 Å². The van der Waals surface area contributed by atoms with Crippen molar-refractivity contribution >= 4 is 0 Å². The highest BCUT2D eigenvalue weighted by Gasteiger charge is 2.66. The minimum Gasteiger partial charge on any atom is -0.271 e. The van der Waals surface area contributed by atoms with Crippen LogP contribution < -0.4 is 11.3 Å². The van der Waals surface area contributed by atoms with Crippen molar-refractivity contribution in [2.75, 3.05) is 0 Å². The molecule has 2 heteroatoms. The molecule has 0 unspecified atom stereocenters. The number of hydrogen-bond donors (Lipinski definition) is 2. The fourth-order valence-electron chi connectivity index (χ4n) is 3.01. The first-order valence-corrected chi connectivity index (χ1v) is 5.08. The molecule has 3 rings (SSSR count). The minimum atomic E-state index is 0.386. The van der Waals surface area contributed by atoms with Crippen molar-refractivity contribution in [3.63, 3.8) is 0 Å². The van der Waals surface area contributed by atoms with Crippen molar-refractivity contribution in [3.05, 3.63) is 0 Å². The van der Waals surface area contributed by atoms with Gasteiger partial charge in [0.15, 0.2) is 0 Å². The number of nitrogens with one attached hydrogen (secondary N) is 1. The first-order chi connectivity index (χ1) is 5.60. The molecule has 0 spiro atoms. The molecule has 3 fully saturated rings. The zero-order chi connectivity index (χ0) is 8.82. The molecule has 12 heavy (non-hydrogen) atoms. The smallest absolute Gasteiger partial charge is 0.0337 e. The van der Waals surface area contributed by atoms with E-state index < -0.39 is 0 Å². The zero-order valence-corrected chi connectivity index (χ0v) is 8.19. The predicted octanol–water partition coefficient (Wildman–Crippen LogP) is 1.81.